The fourth-order valence-corrected chi connectivity index (χ4v) is 4.33. The van der Waals surface area contributed by atoms with Gasteiger partial charge in [0.2, 0.25) is 0 Å². The molecule has 7 nitrogen and oxygen atoms in total. The smallest absolute Gasteiger partial charge is 0.258 e. The van der Waals surface area contributed by atoms with Gasteiger partial charge in [-0.25, -0.2) is 17.5 Å². The fraction of sp³-hybridized carbons (Fsp3) is 0.273. The van der Waals surface area contributed by atoms with Gasteiger partial charge in [-0.3, -0.25) is 4.79 Å². The Hall–Kier alpha value is -2.91. The Morgan fingerprint density at radius 1 is 1.19 bits per heavy atom. The third kappa shape index (κ3) is 4.35. The van der Waals surface area contributed by atoms with Crippen LogP contribution in [0.5, 0.6) is 5.75 Å². The maximum absolute atomic E-state index is 14.2. The number of nitrogens with zero attached hydrogens (tertiary/aromatic N) is 3. The quantitative estimate of drug-likeness (QED) is 0.554. The molecule has 1 aliphatic rings. The maximum atomic E-state index is 14.2. The van der Waals surface area contributed by atoms with E-state index in [2.05, 4.69) is 5.10 Å². The molecule has 1 amide bonds. The van der Waals surface area contributed by atoms with Crippen molar-refractivity contribution < 1.29 is 22.3 Å². The van der Waals surface area contributed by atoms with Crippen molar-refractivity contribution in [3.8, 4) is 11.4 Å². The molecule has 0 radical (unpaired) electrons. The number of ether oxygens (including phenoxy) is 1. The van der Waals surface area contributed by atoms with Crippen molar-refractivity contribution in [1.29, 1.82) is 0 Å². The minimum atomic E-state index is -3.50. The Kier molecular flexibility index (Phi) is 5.72. The predicted molar refractivity (Wildman–Crippen MR) is 117 cm³/mol. The molecule has 0 saturated heterocycles. The van der Waals surface area contributed by atoms with Crippen LogP contribution < -0.4 is 4.74 Å². The summed E-state index contributed by atoms with van der Waals surface area (Å²) in [6.07, 6.45) is 2.55. The second kappa shape index (κ2) is 8.22. The molecule has 0 atom stereocenters. The third-order valence-corrected chi connectivity index (χ3v) is 6.34. The van der Waals surface area contributed by atoms with Gasteiger partial charge in [0.25, 0.3) is 5.91 Å². The van der Waals surface area contributed by atoms with Crippen LogP contribution in [0.25, 0.3) is 5.69 Å². The van der Waals surface area contributed by atoms with E-state index in [0.717, 1.165) is 11.8 Å². The van der Waals surface area contributed by atoms with Crippen LogP contribution in [-0.2, 0) is 22.9 Å². The SMILES string of the molecule is CC(C)Oc1ccc(S(C)(=O)=O)cc1C(=O)N1Cc2cn(-c3cc(Cl)ccc3F)nc2C1. The zero-order valence-corrected chi connectivity index (χ0v) is 19.2. The van der Waals surface area contributed by atoms with Crippen LogP contribution in [0.1, 0.15) is 35.5 Å². The Morgan fingerprint density at radius 3 is 2.59 bits per heavy atom. The van der Waals surface area contributed by atoms with Crippen molar-refractivity contribution in [2.75, 3.05) is 6.26 Å². The molecule has 0 N–H and O–H groups in total. The Bertz CT molecular complexity index is 1300. The fourth-order valence-electron chi connectivity index (χ4n) is 3.52. The lowest BCUT2D eigenvalue weighted by atomic mass is 10.1. The van der Waals surface area contributed by atoms with Gasteiger partial charge >= 0.3 is 0 Å². The summed E-state index contributed by atoms with van der Waals surface area (Å²) in [5.74, 6) is -0.519. The van der Waals surface area contributed by atoms with Crippen molar-refractivity contribution in [1.82, 2.24) is 14.7 Å². The molecule has 1 aliphatic heterocycles. The largest absolute Gasteiger partial charge is 0.490 e. The lowest BCUT2D eigenvalue weighted by Crippen LogP contribution is -2.27. The number of fused-ring (bicyclic) bond motifs is 1. The van der Waals surface area contributed by atoms with Gasteiger partial charge in [0.05, 0.1) is 28.8 Å². The molecule has 10 heteroatoms. The average Bonchev–Trinajstić information content (AvgIpc) is 3.27. The van der Waals surface area contributed by atoms with Crippen molar-refractivity contribution in [3.63, 3.8) is 0 Å². The normalized spacial score (nSPS) is 13.5. The summed E-state index contributed by atoms with van der Waals surface area (Å²) in [5.41, 5.74) is 1.78. The molecule has 168 valence electrons. The summed E-state index contributed by atoms with van der Waals surface area (Å²) in [7, 11) is -3.50. The number of sulfone groups is 1. The van der Waals surface area contributed by atoms with Crippen molar-refractivity contribution in [2.24, 2.45) is 0 Å². The van der Waals surface area contributed by atoms with Gasteiger partial charge in [-0.15, -0.1) is 0 Å². The highest BCUT2D eigenvalue weighted by atomic mass is 35.5. The molecule has 0 bridgehead atoms. The van der Waals surface area contributed by atoms with Crippen LogP contribution in [0.4, 0.5) is 4.39 Å². The van der Waals surface area contributed by atoms with E-state index < -0.39 is 15.7 Å². The number of hydrogen-bond acceptors (Lipinski definition) is 5. The number of halogens is 2. The molecular weight excluding hydrogens is 457 g/mol. The van der Waals surface area contributed by atoms with E-state index in [4.69, 9.17) is 16.3 Å². The van der Waals surface area contributed by atoms with Gasteiger partial charge in [0.1, 0.15) is 17.3 Å². The third-order valence-electron chi connectivity index (χ3n) is 4.99. The van der Waals surface area contributed by atoms with Gasteiger partial charge < -0.3 is 9.64 Å². The average molecular weight is 478 g/mol. The van der Waals surface area contributed by atoms with Crippen molar-refractivity contribution >= 4 is 27.3 Å². The molecule has 0 spiro atoms. The monoisotopic (exact) mass is 477 g/mol. The number of carbonyl (C=O) groups excluding carboxylic acids is 1. The Morgan fingerprint density at radius 2 is 1.94 bits per heavy atom. The van der Waals surface area contributed by atoms with E-state index in [0.29, 0.717) is 16.5 Å². The van der Waals surface area contributed by atoms with Crippen molar-refractivity contribution in [2.45, 2.75) is 37.9 Å². The number of aromatic nitrogens is 2. The van der Waals surface area contributed by atoms with E-state index in [1.54, 1.807) is 11.1 Å². The number of carbonyl (C=O) groups is 1. The number of benzene rings is 2. The topological polar surface area (TPSA) is 81.5 Å². The van der Waals surface area contributed by atoms with Crippen LogP contribution in [0.2, 0.25) is 5.02 Å². The van der Waals surface area contributed by atoms with Gasteiger partial charge in [-0.05, 0) is 50.2 Å². The zero-order chi connectivity index (χ0) is 23.2. The highest BCUT2D eigenvalue weighted by Gasteiger charge is 2.30. The first-order valence-electron chi connectivity index (χ1n) is 9.86. The summed E-state index contributed by atoms with van der Waals surface area (Å²) in [4.78, 5) is 14.9. The van der Waals surface area contributed by atoms with E-state index >= 15 is 0 Å². The number of rotatable bonds is 5. The second-order valence-electron chi connectivity index (χ2n) is 7.90. The summed E-state index contributed by atoms with van der Waals surface area (Å²) >= 11 is 5.97. The van der Waals surface area contributed by atoms with Crippen LogP contribution in [0.3, 0.4) is 0 Å². The minimum Gasteiger partial charge on any atom is -0.490 e. The van der Waals surface area contributed by atoms with E-state index in [1.165, 1.54) is 41.1 Å². The Balaban J connectivity index is 1.63. The van der Waals surface area contributed by atoms with Gasteiger partial charge in [-0.1, -0.05) is 11.6 Å². The molecule has 4 rings (SSSR count). The molecule has 2 heterocycles. The van der Waals surface area contributed by atoms with Crippen LogP contribution >= 0.6 is 11.6 Å². The molecule has 0 unspecified atom stereocenters. The van der Waals surface area contributed by atoms with E-state index in [1.807, 2.05) is 13.8 Å². The summed E-state index contributed by atoms with van der Waals surface area (Å²) in [6.45, 7) is 4.10. The predicted octanol–water partition coefficient (Wildman–Crippen LogP) is 4.01. The second-order valence-corrected chi connectivity index (χ2v) is 10.4. The van der Waals surface area contributed by atoms with Crippen LogP contribution in [-0.4, -0.2) is 41.4 Å². The molecule has 32 heavy (non-hydrogen) atoms. The first-order chi connectivity index (χ1) is 15.0. The lowest BCUT2D eigenvalue weighted by molar-refractivity contribution is 0.0742. The van der Waals surface area contributed by atoms with Crippen LogP contribution in [0.15, 0.2) is 47.5 Å². The first-order valence-corrected chi connectivity index (χ1v) is 12.1. The summed E-state index contributed by atoms with van der Waals surface area (Å²) < 4.78 is 45.3. The maximum Gasteiger partial charge on any atom is 0.258 e. The minimum absolute atomic E-state index is 0.0375. The molecular formula is C22H21ClFN3O4S. The standard InChI is InChI=1S/C22H21ClFN3O4S/c1-13(2)31-21-7-5-16(32(3,29)30)9-17(21)22(28)26-10-14-11-27(25-19(14)12-26)20-8-15(23)4-6-18(20)24/h4-9,11,13H,10,12H2,1-3H3. The Labute approximate surface area is 190 Å². The summed E-state index contributed by atoms with van der Waals surface area (Å²) in [6, 6.07) is 8.47. The zero-order valence-electron chi connectivity index (χ0n) is 17.7. The molecule has 0 saturated carbocycles. The molecule has 2 aromatic carbocycles. The number of amides is 1. The molecule has 1 aromatic heterocycles. The van der Waals surface area contributed by atoms with Crippen molar-refractivity contribution in [3.05, 3.63) is 70.3 Å². The summed E-state index contributed by atoms with van der Waals surface area (Å²) in [5, 5.41) is 4.80. The molecule has 0 aliphatic carbocycles. The first kappa shape index (κ1) is 22.3. The molecule has 0 fully saturated rings. The van der Waals surface area contributed by atoms with Gasteiger partial charge in [-0.2, -0.15) is 5.10 Å². The van der Waals surface area contributed by atoms with E-state index in [9.17, 15) is 17.6 Å². The lowest BCUT2D eigenvalue weighted by Gasteiger charge is -2.20. The number of hydrogen-bond donors (Lipinski definition) is 0. The van der Waals surface area contributed by atoms with Gasteiger partial charge in [0.15, 0.2) is 9.84 Å². The molecule has 3 aromatic rings. The van der Waals surface area contributed by atoms with Gasteiger partial charge in [0, 0.05) is 29.6 Å². The van der Waals surface area contributed by atoms with Crippen LogP contribution in [0, 0.1) is 5.82 Å². The highest BCUT2D eigenvalue weighted by molar-refractivity contribution is 7.90. The van der Waals surface area contributed by atoms with E-state index in [-0.39, 0.29) is 41.2 Å². The highest BCUT2D eigenvalue weighted by Crippen LogP contribution is 2.30.